The first-order chi connectivity index (χ1) is 12.2. The monoisotopic (exact) mass is 345 g/mol. The number of likely N-dealkylation sites (tertiary alicyclic amines) is 1. The van der Waals surface area contributed by atoms with Crippen LogP contribution in [0, 0.1) is 35.5 Å². The van der Waals surface area contributed by atoms with Crippen molar-refractivity contribution in [2.75, 3.05) is 26.2 Å². The van der Waals surface area contributed by atoms with E-state index in [1.54, 1.807) is 0 Å². The molecule has 2 saturated heterocycles. The number of carbonyl (C=O) groups is 2. The van der Waals surface area contributed by atoms with Gasteiger partial charge in [0.2, 0.25) is 11.8 Å². The second kappa shape index (κ2) is 6.26. The molecule has 5 rings (SSSR count). The number of hydrogen-bond acceptors (Lipinski definition) is 3. The van der Waals surface area contributed by atoms with Crippen molar-refractivity contribution in [3.63, 3.8) is 0 Å². The summed E-state index contributed by atoms with van der Waals surface area (Å²) in [5, 5.41) is 6.38. The molecule has 2 heterocycles. The van der Waals surface area contributed by atoms with Gasteiger partial charge in [-0.15, -0.1) is 0 Å². The maximum atomic E-state index is 13.0. The molecule has 2 aliphatic heterocycles. The number of hydrogen-bond donors (Lipinski definition) is 2. The predicted molar refractivity (Wildman–Crippen MR) is 94.6 cm³/mol. The molecule has 0 aromatic carbocycles. The highest BCUT2D eigenvalue weighted by atomic mass is 16.2. The van der Waals surface area contributed by atoms with Crippen molar-refractivity contribution < 1.29 is 9.59 Å². The fourth-order valence-electron chi connectivity index (χ4n) is 6.57. The maximum Gasteiger partial charge on any atom is 0.237 e. The number of nitrogens with one attached hydrogen (secondary N) is 2. The summed E-state index contributed by atoms with van der Waals surface area (Å²) in [6.07, 6.45) is 8.42. The molecule has 25 heavy (non-hydrogen) atoms. The van der Waals surface area contributed by atoms with Crippen molar-refractivity contribution in [3.8, 4) is 0 Å². The minimum atomic E-state index is 0.00244. The summed E-state index contributed by atoms with van der Waals surface area (Å²) >= 11 is 0. The molecule has 0 aromatic rings. The Bertz CT molecular complexity index is 543. The van der Waals surface area contributed by atoms with Gasteiger partial charge in [0.15, 0.2) is 0 Å². The minimum absolute atomic E-state index is 0.00244. The molecule has 1 unspecified atom stereocenters. The second-order valence-corrected chi connectivity index (χ2v) is 9.20. The van der Waals surface area contributed by atoms with Crippen LogP contribution >= 0.6 is 0 Å². The SMILES string of the molecule is O=C(NC[C@@H]1CCCN(C(=O)C2[C@@H]3[C@H]4CC[C@@H](C4)[C@H]23)C1)[C@H]1CCCN1. The Labute approximate surface area is 150 Å². The summed E-state index contributed by atoms with van der Waals surface area (Å²) in [6.45, 7) is 3.46. The Morgan fingerprint density at radius 1 is 1.04 bits per heavy atom. The number of amides is 2. The Balaban J connectivity index is 1.12. The number of piperidine rings is 1. The lowest BCUT2D eigenvalue weighted by atomic mass is 9.96. The molecule has 5 nitrogen and oxygen atoms in total. The highest BCUT2D eigenvalue weighted by molar-refractivity contribution is 5.83. The molecule has 3 saturated carbocycles. The molecule has 5 heteroatoms. The normalized spacial score (nSPS) is 44.6. The van der Waals surface area contributed by atoms with Crippen molar-refractivity contribution in [3.05, 3.63) is 0 Å². The van der Waals surface area contributed by atoms with E-state index in [4.69, 9.17) is 0 Å². The van der Waals surface area contributed by atoms with Crippen molar-refractivity contribution in [2.24, 2.45) is 35.5 Å². The highest BCUT2D eigenvalue weighted by Crippen LogP contribution is 2.69. The van der Waals surface area contributed by atoms with Crippen molar-refractivity contribution in [1.82, 2.24) is 15.5 Å². The highest BCUT2D eigenvalue weighted by Gasteiger charge is 2.68. The first kappa shape index (κ1) is 16.1. The van der Waals surface area contributed by atoms with Gasteiger partial charge in [-0.2, -0.15) is 0 Å². The summed E-state index contributed by atoms with van der Waals surface area (Å²) < 4.78 is 0. The average molecular weight is 345 g/mol. The summed E-state index contributed by atoms with van der Waals surface area (Å²) in [6, 6.07) is 0.00244. The van der Waals surface area contributed by atoms with Crippen molar-refractivity contribution in [2.45, 2.75) is 51.0 Å². The van der Waals surface area contributed by atoms with E-state index in [9.17, 15) is 9.59 Å². The van der Waals surface area contributed by atoms with Gasteiger partial charge in [-0.1, -0.05) is 0 Å². The van der Waals surface area contributed by atoms with E-state index in [0.29, 0.717) is 17.7 Å². The van der Waals surface area contributed by atoms with E-state index in [2.05, 4.69) is 15.5 Å². The summed E-state index contributed by atoms with van der Waals surface area (Å²) in [5.41, 5.74) is 0. The van der Waals surface area contributed by atoms with Gasteiger partial charge in [0.05, 0.1) is 6.04 Å². The Morgan fingerprint density at radius 2 is 1.84 bits per heavy atom. The molecule has 0 radical (unpaired) electrons. The third-order valence-electron chi connectivity index (χ3n) is 7.79. The predicted octanol–water partition coefficient (Wildman–Crippen LogP) is 1.39. The van der Waals surface area contributed by atoms with Crippen LogP contribution in [0.25, 0.3) is 0 Å². The number of fused-ring (bicyclic) bond motifs is 5. The molecule has 0 aromatic heterocycles. The lowest BCUT2D eigenvalue weighted by molar-refractivity contribution is -0.135. The number of nitrogens with zero attached hydrogens (tertiary/aromatic N) is 1. The molecule has 7 atom stereocenters. The first-order valence-electron chi connectivity index (χ1n) is 10.5. The molecule has 5 aliphatic rings. The van der Waals surface area contributed by atoms with Gasteiger partial charge < -0.3 is 15.5 Å². The molecule has 138 valence electrons. The molecule has 2 N–H and O–H groups in total. The van der Waals surface area contributed by atoms with Crippen LogP contribution in [0.5, 0.6) is 0 Å². The standard InChI is InChI=1S/C20H31N3O2/c24-19(15-4-1-7-21-15)22-10-12-3-2-8-23(11-12)20(25)18-16-13-5-6-14(9-13)17(16)18/h12-18,21H,1-11H2,(H,22,24)/t12-,13-,14-,15+,16-,17+,18?/m0/s1. The molecule has 5 fully saturated rings. The van der Waals surface area contributed by atoms with Gasteiger partial charge in [-0.3, -0.25) is 9.59 Å². The summed E-state index contributed by atoms with van der Waals surface area (Å²) in [4.78, 5) is 27.3. The molecule has 2 amide bonds. The quantitative estimate of drug-likeness (QED) is 0.809. The zero-order valence-electron chi connectivity index (χ0n) is 15.1. The molecule has 0 spiro atoms. The lowest BCUT2D eigenvalue weighted by Crippen LogP contribution is -2.47. The number of carbonyl (C=O) groups excluding carboxylic acids is 2. The smallest absolute Gasteiger partial charge is 0.237 e. The largest absolute Gasteiger partial charge is 0.354 e. The minimum Gasteiger partial charge on any atom is -0.354 e. The van der Waals surface area contributed by atoms with Gasteiger partial charge in [-0.25, -0.2) is 0 Å². The second-order valence-electron chi connectivity index (χ2n) is 9.20. The Kier molecular flexibility index (Phi) is 4.03. The van der Waals surface area contributed by atoms with Gasteiger partial charge in [0.25, 0.3) is 0 Å². The Morgan fingerprint density at radius 3 is 2.56 bits per heavy atom. The van der Waals surface area contributed by atoms with E-state index in [-0.39, 0.29) is 11.9 Å². The van der Waals surface area contributed by atoms with Crippen LogP contribution in [0.1, 0.15) is 44.9 Å². The van der Waals surface area contributed by atoms with Crippen LogP contribution in [-0.4, -0.2) is 48.9 Å². The van der Waals surface area contributed by atoms with Crippen LogP contribution < -0.4 is 10.6 Å². The van der Waals surface area contributed by atoms with E-state index < -0.39 is 0 Å². The lowest BCUT2D eigenvalue weighted by Gasteiger charge is -2.33. The van der Waals surface area contributed by atoms with E-state index in [1.807, 2.05) is 0 Å². The summed E-state index contributed by atoms with van der Waals surface area (Å²) in [7, 11) is 0. The van der Waals surface area contributed by atoms with Gasteiger partial charge in [0.1, 0.15) is 0 Å². The van der Waals surface area contributed by atoms with E-state index in [1.165, 1.54) is 19.3 Å². The zero-order valence-corrected chi connectivity index (χ0v) is 15.1. The first-order valence-corrected chi connectivity index (χ1v) is 10.5. The zero-order chi connectivity index (χ0) is 17.0. The van der Waals surface area contributed by atoms with E-state index >= 15 is 0 Å². The van der Waals surface area contributed by atoms with Crippen LogP contribution in [0.2, 0.25) is 0 Å². The fraction of sp³-hybridized carbons (Fsp3) is 0.900. The number of rotatable bonds is 4. The van der Waals surface area contributed by atoms with Crippen molar-refractivity contribution >= 4 is 11.8 Å². The molecule has 2 bridgehead atoms. The topological polar surface area (TPSA) is 61.4 Å². The van der Waals surface area contributed by atoms with Gasteiger partial charge in [0, 0.05) is 25.6 Å². The Hall–Kier alpha value is -1.10. The molecule has 3 aliphatic carbocycles. The average Bonchev–Trinajstić information content (AvgIpc) is 3.07. The van der Waals surface area contributed by atoms with Crippen LogP contribution in [0.3, 0.4) is 0 Å². The van der Waals surface area contributed by atoms with Crippen LogP contribution in [0.4, 0.5) is 0 Å². The van der Waals surface area contributed by atoms with Gasteiger partial charge in [-0.05, 0) is 81.1 Å². The maximum absolute atomic E-state index is 13.0. The third-order valence-corrected chi connectivity index (χ3v) is 7.79. The summed E-state index contributed by atoms with van der Waals surface area (Å²) in [5.74, 6) is 4.58. The van der Waals surface area contributed by atoms with Crippen LogP contribution in [-0.2, 0) is 9.59 Å². The molecular formula is C20H31N3O2. The van der Waals surface area contributed by atoms with Gasteiger partial charge >= 0.3 is 0 Å². The van der Waals surface area contributed by atoms with Crippen molar-refractivity contribution in [1.29, 1.82) is 0 Å². The third kappa shape index (κ3) is 2.79. The fourth-order valence-corrected chi connectivity index (χ4v) is 6.57. The van der Waals surface area contributed by atoms with E-state index in [0.717, 1.165) is 75.5 Å². The van der Waals surface area contributed by atoms with Crippen LogP contribution in [0.15, 0.2) is 0 Å². The molecular weight excluding hydrogens is 314 g/mol.